The third kappa shape index (κ3) is 3.24. The number of hydrogen-bond acceptors (Lipinski definition) is 6. The molecule has 0 spiro atoms. The van der Waals surface area contributed by atoms with E-state index in [1.54, 1.807) is 6.07 Å². The van der Waals surface area contributed by atoms with Crippen molar-refractivity contribution < 1.29 is 9.72 Å². The lowest BCUT2D eigenvalue weighted by molar-refractivity contribution is -0.384. The minimum atomic E-state index is -0.672. The highest BCUT2D eigenvalue weighted by atomic mass is 35.5. The number of carbonyl (C=O) groups excluding carboxylic acids is 1. The minimum absolute atomic E-state index is 0.0128. The first-order chi connectivity index (χ1) is 11.9. The molecule has 0 aliphatic heterocycles. The molecular formula is C15H11ClN4O4S. The third-order valence-corrected chi connectivity index (χ3v) is 4.98. The van der Waals surface area contributed by atoms with Crippen LogP contribution in [-0.4, -0.2) is 20.5 Å². The molecule has 2 aromatic heterocycles. The first-order valence-corrected chi connectivity index (χ1v) is 8.35. The van der Waals surface area contributed by atoms with Gasteiger partial charge in [-0.05, 0) is 18.6 Å². The Balaban J connectivity index is 1.93. The lowest BCUT2D eigenvalue weighted by Gasteiger charge is -2.08. The van der Waals surface area contributed by atoms with E-state index in [1.807, 2.05) is 6.92 Å². The van der Waals surface area contributed by atoms with Crippen molar-refractivity contribution in [2.24, 2.45) is 0 Å². The van der Waals surface area contributed by atoms with Gasteiger partial charge in [0.15, 0.2) is 0 Å². The van der Waals surface area contributed by atoms with Crippen molar-refractivity contribution in [1.82, 2.24) is 9.66 Å². The van der Waals surface area contributed by atoms with Crippen molar-refractivity contribution in [2.45, 2.75) is 13.3 Å². The van der Waals surface area contributed by atoms with Gasteiger partial charge in [-0.1, -0.05) is 18.5 Å². The maximum atomic E-state index is 12.4. The quantitative estimate of drug-likeness (QED) is 0.554. The van der Waals surface area contributed by atoms with Crippen LogP contribution >= 0.6 is 22.9 Å². The number of benzene rings is 1. The van der Waals surface area contributed by atoms with Crippen LogP contribution in [0.4, 0.5) is 5.69 Å². The van der Waals surface area contributed by atoms with E-state index in [4.69, 9.17) is 11.6 Å². The van der Waals surface area contributed by atoms with E-state index in [1.165, 1.54) is 23.7 Å². The van der Waals surface area contributed by atoms with E-state index in [-0.39, 0.29) is 16.3 Å². The van der Waals surface area contributed by atoms with Crippen molar-refractivity contribution in [1.29, 1.82) is 0 Å². The Morgan fingerprint density at radius 3 is 2.84 bits per heavy atom. The Bertz CT molecular complexity index is 1060. The number of fused-ring (bicyclic) bond motifs is 1. The second-order valence-corrected chi connectivity index (χ2v) is 6.59. The lowest BCUT2D eigenvalue weighted by atomic mass is 10.2. The molecule has 0 aliphatic carbocycles. The van der Waals surface area contributed by atoms with Gasteiger partial charge in [0.05, 0.1) is 20.9 Å². The molecule has 2 heterocycles. The fraction of sp³-hybridized carbons (Fsp3) is 0.133. The van der Waals surface area contributed by atoms with Crippen LogP contribution in [-0.2, 0) is 6.42 Å². The summed E-state index contributed by atoms with van der Waals surface area (Å²) in [6.45, 7) is 1.97. The van der Waals surface area contributed by atoms with Crippen LogP contribution in [0.2, 0.25) is 5.02 Å². The number of non-ortho nitro benzene ring substituents is 1. The number of rotatable bonds is 4. The van der Waals surface area contributed by atoms with Gasteiger partial charge < -0.3 is 0 Å². The zero-order valence-electron chi connectivity index (χ0n) is 12.9. The number of hydrogen-bond donors (Lipinski definition) is 1. The standard InChI is InChI=1S/C15H11ClN4O4S/c1-2-9-6-11-14(25-9)17-7-19(15(11)22)18-13(21)10-4-3-8(20(23)24)5-12(10)16/h3-7H,2H2,1H3,(H,18,21). The summed E-state index contributed by atoms with van der Waals surface area (Å²) < 4.78 is 0.967. The molecule has 8 nitrogen and oxygen atoms in total. The fourth-order valence-electron chi connectivity index (χ4n) is 2.20. The highest BCUT2D eigenvalue weighted by Crippen LogP contribution is 2.23. The number of nitrogens with one attached hydrogen (secondary N) is 1. The topological polar surface area (TPSA) is 107 Å². The van der Waals surface area contributed by atoms with E-state index < -0.39 is 16.4 Å². The molecule has 0 saturated carbocycles. The number of carbonyl (C=O) groups is 1. The second-order valence-electron chi connectivity index (χ2n) is 5.07. The molecule has 0 bridgehead atoms. The number of thiophene rings is 1. The van der Waals surface area contributed by atoms with E-state index in [9.17, 15) is 19.7 Å². The number of nitro benzene ring substituents is 1. The summed E-state index contributed by atoms with van der Waals surface area (Å²) in [6.07, 6.45) is 2.00. The molecule has 1 N–H and O–H groups in total. The molecule has 0 radical (unpaired) electrons. The predicted octanol–water partition coefficient (Wildman–Crippen LogP) is 2.97. The molecule has 128 valence electrons. The normalized spacial score (nSPS) is 10.8. The van der Waals surface area contributed by atoms with Crippen molar-refractivity contribution in [2.75, 3.05) is 5.43 Å². The zero-order valence-corrected chi connectivity index (χ0v) is 14.4. The Morgan fingerprint density at radius 1 is 1.44 bits per heavy atom. The van der Waals surface area contributed by atoms with Crippen LogP contribution in [0.15, 0.2) is 35.4 Å². The third-order valence-electron chi connectivity index (χ3n) is 3.48. The highest BCUT2D eigenvalue weighted by molar-refractivity contribution is 7.18. The molecule has 1 amide bonds. The molecule has 1 aromatic carbocycles. The van der Waals surface area contributed by atoms with Gasteiger partial charge in [0.1, 0.15) is 11.2 Å². The maximum Gasteiger partial charge on any atom is 0.280 e. The fourth-order valence-corrected chi connectivity index (χ4v) is 3.38. The first-order valence-electron chi connectivity index (χ1n) is 7.16. The van der Waals surface area contributed by atoms with Crippen molar-refractivity contribution >= 4 is 44.7 Å². The number of nitro groups is 1. The lowest BCUT2D eigenvalue weighted by Crippen LogP contribution is -2.33. The number of nitrogens with zero attached hydrogens (tertiary/aromatic N) is 3. The van der Waals surface area contributed by atoms with E-state index in [2.05, 4.69) is 10.4 Å². The average molecular weight is 379 g/mol. The molecule has 0 fully saturated rings. The summed E-state index contributed by atoms with van der Waals surface area (Å²) in [5.41, 5.74) is 1.76. The van der Waals surface area contributed by atoms with Crippen molar-refractivity contribution in [3.8, 4) is 0 Å². The summed E-state index contributed by atoms with van der Waals surface area (Å²) in [6, 6.07) is 5.22. The van der Waals surface area contributed by atoms with Gasteiger partial charge in [0.25, 0.3) is 17.2 Å². The number of aryl methyl sites for hydroxylation is 1. The molecule has 3 rings (SSSR count). The van der Waals surface area contributed by atoms with Crippen LogP contribution in [0.5, 0.6) is 0 Å². The Hall–Kier alpha value is -2.78. The monoisotopic (exact) mass is 378 g/mol. The van der Waals surface area contributed by atoms with Gasteiger partial charge in [-0.15, -0.1) is 11.3 Å². The molecule has 0 atom stereocenters. The molecule has 3 aromatic rings. The van der Waals surface area contributed by atoms with Gasteiger partial charge in [-0.25, -0.2) is 9.66 Å². The first kappa shape index (κ1) is 17.1. The minimum Gasteiger partial charge on any atom is -0.267 e. The van der Waals surface area contributed by atoms with E-state index in [0.29, 0.717) is 10.2 Å². The van der Waals surface area contributed by atoms with E-state index >= 15 is 0 Å². The number of halogens is 1. The van der Waals surface area contributed by atoms with Crippen LogP contribution in [0.25, 0.3) is 10.2 Å². The van der Waals surface area contributed by atoms with Gasteiger partial charge in [0, 0.05) is 17.0 Å². The predicted molar refractivity (Wildman–Crippen MR) is 95.1 cm³/mol. The molecule has 10 heteroatoms. The smallest absolute Gasteiger partial charge is 0.267 e. The van der Waals surface area contributed by atoms with Crippen molar-refractivity contribution in [3.05, 3.63) is 66.5 Å². The van der Waals surface area contributed by atoms with E-state index in [0.717, 1.165) is 28.1 Å². The van der Waals surface area contributed by atoms with Crippen LogP contribution in [0, 0.1) is 10.1 Å². The Labute approximate surface area is 149 Å². The summed E-state index contributed by atoms with van der Waals surface area (Å²) in [5, 5.41) is 11.0. The SMILES string of the molecule is CCc1cc2c(=O)n(NC(=O)c3ccc([N+](=O)[O-])cc3Cl)cnc2s1. The van der Waals surface area contributed by atoms with Gasteiger partial charge in [0.2, 0.25) is 0 Å². The second kappa shape index (κ2) is 6.61. The summed E-state index contributed by atoms with van der Waals surface area (Å²) >= 11 is 7.34. The number of amides is 1. The summed E-state index contributed by atoms with van der Waals surface area (Å²) in [7, 11) is 0. The van der Waals surface area contributed by atoms with Gasteiger partial charge in [-0.3, -0.25) is 25.1 Å². The van der Waals surface area contributed by atoms with Crippen molar-refractivity contribution in [3.63, 3.8) is 0 Å². The Kier molecular flexibility index (Phi) is 4.51. The summed E-state index contributed by atoms with van der Waals surface area (Å²) in [4.78, 5) is 40.6. The van der Waals surface area contributed by atoms with Gasteiger partial charge in [-0.2, -0.15) is 0 Å². The average Bonchev–Trinajstić information content (AvgIpc) is 3.01. The van der Waals surface area contributed by atoms with Gasteiger partial charge >= 0.3 is 0 Å². The highest BCUT2D eigenvalue weighted by Gasteiger charge is 2.16. The zero-order chi connectivity index (χ0) is 18.1. The largest absolute Gasteiger partial charge is 0.280 e. The maximum absolute atomic E-state index is 12.4. The molecule has 0 unspecified atom stereocenters. The molecule has 0 aliphatic rings. The van der Waals surface area contributed by atoms with Crippen LogP contribution in [0.1, 0.15) is 22.2 Å². The molecule has 0 saturated heterocycles. The Morgan fingerprint density at radius 2 is 2.20 bits per heavy atom. The molecular weight excluding hydrogens is 368 g/mol. The molecule has 25 heavy (non-hydrogen) atoms. The summed E-state index contributed by atoms with van der Waals surface area (Å²) in [5.74, 6) is -0.672. The van der Waals surface area contributed by atoms with Crippen LogP contribution < -0.4 is 11.0 Å². The van der Waals surface area contributed by atoms with Crippen LogP contribution in [0.3, 0.4) is 0 Å². The number of aromatic nitrogens is 2.